The van der Waals surface area contributed by atoms with E-state index in [4.69, 9.17) is 5.11 Å². The maximum Gasteiger partial charge on any atom is 0.320 e. The normalized spacial score (nSPS) is 12.7. The first kappa shape index (κ1) is 15.1. The highest BCUT2D eigenvalue weighted by Crippen LogP contribution is 2.16. The average Bonchev–Trinajstić information content (AvgIpc) is 2.27. The van der Waals surface area contributed by atoms with Gasteiger partial charge < -0.3 is 10.4 Å². The maximum absolute atomic E-state index is 13.5. The fourth-order valence-corrected chi connectivity index (χ4v) is 2.06. The Morgan fingerprint density at radius 2 is 2.17 bits per heavy atom. The van der Waals surface area contributed by atoms with Crippen LogP contribution in [0.4, 0.5) is 4.39 Å². The van der Waals surface area contributed by atoms with Crippen LogP contribution in [0.5, 0.6) is 0 Å². The molecular formula is C13H17BrFNO2. The lowest BCUT2D eigenvalue weighted by Gasteiger charge is -2.16. The Morgan fingerprint density at radius 1 is 1.50 bits per heavy atom. The predicted molar refractivity (Wildman–Crippen MR) is 71.8 cm³/mol. The first-order valence-corrected chi connectivity index (χ1v) is 6.59. The van der Waals surface area contributed by atoms with E-state index in [1.165, 1.54) is 6.07 Å². The number of hydrogen-bond acceptors (Lipinski definition) is 2. The van der Waals surface area contributed by atoms with Crippen LogP contribution in [-0.2, 0) is 11.3 Å². The van der Waals surface area contributed by atoms with Crippen LogP contribution < -0.4 is 5.32 Å². The summed E-state index contributed by atoms with van der Waals surface area (Å²) in [5.41, 5.74) is 0.458. The molecule has 5 heteroatoms. The van der Waals surface area contributed by atoms with Crippen molar-refractivity contribution in [1.82, 2.24) is 5.32 Å². The van der Waals surface area contributed by atoms with Crippen LogP contribution in [0.25, 0.3) is 0 Å². The van der Waals surface area contributed by atoms with E-state index >= 15 is 0 Å². The highest BCUT2D eigenvalue weighted by Gasteiger charge is 2.18. The zero-order valence-electron chi connectivity index (χ0n) is 10.4. The molecule has 0 saturated heterocycles. The Labute approximate surface area is 115 Å². The van der Waals surface area contributed by atoms with Gasteiger partial charge in [-0.05, 0) is 30.5 Å². The number of hydrogen-bond donors (Lipinski definition) is 2. The summed E-state index contributed by atoms with van der Waals surface area (Å²) < 4.78 is 14.2. The van der Waals surface area contributed by atoms with Crippen LogP contribution in [0, 0.1) is 11.7 Å². The minimum Gasteiger partial charge on any atom is -0.480 e. The molecule has 0 fully saturated rings. The summed E-state index contributed by atoms with van der Waals surface area (Å²) in [4.78, 5) is 11.0. The summed E-state index contributed by atoms with van der Waals surface area (Å²) in [6.07, 6.45) is 0.519. The minimum atomic E-state index is -0.904. The molecule has 0 saturated carbocycles. The highest BCUT2D eigenvalue weighted by molar-refractivity contribution is 9.10. The molecule has 1 atom stereocenters. The highest BCUT2D eigenvalue weighted by atomic mass is 79.9. The largest absolute Gasteiger partial charge is 0.480 e. The van der Waals surface area contributed by atoms with Crippen molar-refractivity contribution >= 4 is 21.9 Å². The van der Waals surface area contributed by atoms with Crippen molar-refractivity contribution in [3.63, 3.8) is 0 Å². The van der Waals surface area contributed by atoms with Crippen molar-refractivity contribution in [1.29, 1.82) is 0 Å². The van der Waals surface area contributed by atoms with E-state index < -0.39 is 12.0 Å². The summed E-state index contributed by atoms with van der Waals surface area (Å²) in [5.74, 6) is -0.968. The number of carbonyl (C=O) groups is 1. The van der Waals surface area contributed by atoms with Gasteiger partial charge in [0, 0.05) is 16.6 Å². The van der Waals surface area contributed by atoms with Gasteiger partial charge in [-0.2, -0.15) is 0 Å². The van der Waals surface area contributed by atoms with Gasteiger partial charge >= 0.3 is 5.97 Å². The summed E-state index contributed by atoms with van der Waals surface area (Å²) in [7, 11) is 0. The van der Waals surface area contributed by atoms with Crippen molar-refractivity contribution < 1.29 is 14.3 Å². The molecule has 1 rings (SSSR count). The van der Waals surface area contributed by atoms with Crippen LogP contribution in [0.2, 0.25) is 0 Å². The number of halogens is 2. The smallest absolute Gasteiger partial charge is 0.320 e. The third kappa shape index (κ3) is 4.74. The number of carboxylic acids is 1. The molecule has 0 bridgehead atoms. The second-order valence-electron chi connectivity index (χ2n) is 4.64. The topological polar surface area (TPSA) is 49.3 Å². The van der Waals surface area contributed by atoms with E-state index in [0.717, 1.165) is 4.47 Å². The van der Waals surface area contributed by atoms with E-state index in [9.17, 15) is 9.18 Å². The molecule has 100 valence electrons. The van der Waals surface area contributed by atoms with E-state index in [-0.39, 0.29) is 18.3 Å². The van der Waals surface area contributed by atoms with Crippen LogP contribution in [0.1, 0.15) is 25.8 Å². The Kier molecular flexibility index (Phi) is 5.75. The first-order valence-electron chi connectivity index (χ1n) is 5.80. The molecule has 1 unspecified atom stereocenters. The van der Waals surface area contributed by atoms with E-state index in [1.807, 2.05) is 13.8 Å². The molecule has 0 aliphatic heterocycles. The van der Waals surface area contributed by atoms with Gasteiger partial charge in [0.15, 0.2) is 0 Å². The summed E-state index contributed by atoms with van der Waals surface area (Å²) in [6, 6.07) is 3.97. The summed E-state index contributed by atoms with van der Waals surface area (Å²) in [6.45, 7) is 4.11. The molecule has 0 amide bonds. The molecule has 0 aromatic heterocycles. The zero-order valence-corrected chi connectivity index (χ0v) is 12.0. The molecular weight excluding hydrogens is 301 g/mol. The molecule has 0 radical (unpaired) electrons. The molecule has 1 aromatic rings. The lowest BCUT2D eigenvalue weighted by molar-refractivity contribution is -0.140. The quantitative estimate of drug-likeness (QED) is 0.847. The molecule has 0 aliphatic rings. The molecule has 0 heterocycles. The van der Waals surface area contributed by atoms with E-state index in [1.54, 1.807) is 12.1 Å². The van der Waals surface area contributed by atoms with Crippen LogP contribution >= 0.6 is 15.9 Å². The number of carboxylic acid groups (broad SMARTS) is 1. The fourth-order valence-electron chi connectivity index (χ4n) is 1.65. The van der Waals surface area contributed by atoms with Crippen molar-refractivity contribution in [3.8, 4) is 0 Å². The average molecular weight is 318 g/mol. The van der Waals surface area contributed by atoms with Gasteiger partial charge in [0.05, 0.1) is 0 Å². The van der Waals surface area contributed by atoms with Gasteiger partial charge in [0.2, 0.25) is 0 Å². The van der Waals surface area contributed by atoms with Crippen molar-refractivity contribution in [2.45, 2.75) is 32.9 Å². The fraction of sp³-hybridized carbons (Fsp3) is 0.462. The Balaban J connectivity index is 2.66. The Morgan fingerprint density at radius 3 is 2.72 bits per heavy atom. The second kappa shape index (κ2) is 6.85. The zero-order chi connectivity index (χ0) is 13.7. The number of rotatable bonds is 6. The van der Waals surface area contributed by atoms with Crippen molar-refractivity contribution in [2.24, 2.45) is 5.92 Å². The van der Waals surface area contributed by atoms with Crippen molar-refractivity contribution in [3.05, 3.63) is 34.1 Å². The van der Waals surface area contributed by atoms with Crippen LogP contribution in [0.15, 0.2) is 22.7 Å². The Hall–Kier alpha value is -0.940. The van der Waals surface area contributed by atoms with Gasteiger partial charge in [0.25, 0.3) is 0 Å². The van der Waals surface area contributed by atoms with Gasteiger partial charge in [-0.25, -0.2) is 4.39 Å². The molecule has 18 heavy (non-hydrogen) atoms. The van der Waals surface area contributed by atoms with Crippen molar-refractivity contribution in [2.75, 3.05) is 0 Å². The third-order valence-electron chi connectivity index (χ3n) is 2.55. The lowest BCUT2D eigenvalue weighted by atomic mass is 10.0. The van der Waals surface area contributed by atoms with Gasteiger partial charge in [0.1, 0.15) is 11.9 Å². The number of aliphatic carboxylic acids is 1. The van der Waals surface area contributed by atoms with E-state index in [0.29, 0.717) is 12.0 Å². The molecule has 1 aromatic carbocycles. The Bertz CT molecular complexity index is 423. The monoisotopic (exact) mass is 317 g/mol. The van der Waals surface area contributed by atoms with Gasteiger partial charge in [-0.3, -0.25) is 4.79 Å². The van der Waals surface area contributed by atoms with E-state index in [2.05, 4.69) is 21.2 Å². The van der Waals surface area contributed by atoms with Gasteiger partial charge in [-0.1, -0.05) is 29.8 Å². The minimum absolute atomic E-state index is 0.203. The maximum atomic E-state index is 13.5. The second-order valence-corrected chi connectivity index (χ2v) is 5.55. The molecule has 0 aliphatic carbocycles. The molecule has 3 nitrogen and oxygen atoms in total. The predicted octanol–water partition coefficient (Wildman–Crippen LogP) is 3.18. The van der Waals surface area contributed by atoms with Gasteiger partial charge in [-0.15, -0.1) is 0 Å². The first-order chi connectivity index (χ1) is 8.40. The molecule has 2 N–H and O–H groups in total. The lowest BCUT2D eigenvalue weighted by Crippen LogP contribution is -2.37. The summed E-state index contributed by atoms with van der Waals surface area (Å²) >= 11 is 3.26. The number of benzene rings is 1. The van der Waals surface area contributed by atoms with Crippen LogP contribution in [0.3, 0.4) is 0 Å². The number of nitrogens with one attached hydrogen (secondary N) is 1. The van der Waals surface area contributed by atoms with Crippen LogP contribution in [-0.4, -0.2) is 17.1 Å². The SMILES string of the molecule is CC(C)CC(NCc1cc(Br)ccc1F)C(=O)O. The molecule has 0 spiro atoms. The third-order valence-corrected chi connectivity index (χ3v) is 3.05. The standard InChI is InChI=1S/C13H17BrFNO2/c1-8(2)5-12(13(17)18)16-7-9-6-10(14)3-4-11(9)15/h3-4,6,8,12,16H,5,7H2,1-2H3,(H,17,18). The summed E-state index contributed by atoms with van der Waals surface area (Å²) in [5, 5.41) is 11.9.